The molecule has 0 bridgehead atoms. The van der Waals surface area contributed by atoms with Crippen molar-refractivity contribution in [2.24, 2.45) is 0 Å². The lowest BCUT2D eigenvalue weighted by molar-refractivity contribution is 0.0999. The van der Waals surface area contributed by atoms with Gasteiger partial charge in [-0.1, -0.05) is 6.08 Å². The highest BCUT2D eigenvalue weighted by molar-refractivity contribution is 4.78. The van der Waals surface area contributed by atoms with Gasteiger partial charge in [-0.25, -0.2) is 0 Å². The van der Waals surface area contributed by atoms with E-state index in [9.17, 15) is 0 Å². The molecule has 2 atom stereocenters. The van der Waals surface area contributed by atoms with Crippen LogP contribution in [0, 0.1) is 0 Å². The van der Waals surface area contributed by atoms with Crippen LogP contribution in [0.4, 0.5) is 0 Å². The highest BCUT2D eigenvalue weighted by atomic mass is 16.5. The standard InChI is InChI=1S/C11H21NO/c1-3-5-10(12-2)7-8-11-6-4-9-13-11/h3,10-12H,1,4-9H2,2H3. The van der Waals surface area contributed by atoms with E-state index in [1.807, 2.05) is 13.1 Å². The maximum Gasteiger partial charge on any atom is 0.0576 e. The average molecular weight is 183 g/mol. The minimum atomic E-state index is 0.528. The Labute approximate surface area is 81.4 Å². The molecule has 1 aliphatic heterocycles. The quantitative estimate of drug-likeness (QED) is 0.637. The second kappa shape index (κ2) is 6.17. The van der Waals surface area contributed by atoms with E-state index >= 15 is 0 Å². The second-order valence-corrected chi connectivity index (χ2v) is 3.72. The van der Waals surface area contributed by atoms with Crippen molar-refractivity contribution in [3.05, 3.63) is 12.7 Å². The van der Waals surface area contributed by atoms with Crippen molar-refractivity contribution in [2.75, 3.05) is 13.7 Å². The van der Waals surface area contributed by atoms with Gasteiger partial charge in [-0.2, -0.15) is 0 Å². The van der Waals surface area contributed by atoms with Crippen molar-refractivity contribution >= 4 is 0 Å². The number of ether oxygens (including phenoxy) is 1. The van der Waals surface area contributed by atoms with E-state index < -0.39 is 0 Å². The molecule has 1 aliphatic rings. The summed E-state index contributed by atoms with van der Waals surface area (Å²) in [5, 5.41) is 3.30. The summed E-state index contributed by atoms with van der Waals surface area (Å²) in [5.74, 6) is 0. The fourth-order valence-electron chi connectivity index (χ4n) is 1.84. The predicted molar refractivity (Wildman–Crippen MR) is 55.9 cm³/mol. The summed E-state index contributed by atoms with van der Waals surface area (Å²) in [4.78, 5) is 0. The third kappa shape index (κ3) is 3.92. The molecule has 0 spiro atoms. The number of hydrogen-bond donors (Lipinski definition) is 1. The molecule has 1 heterocycles. The second-order valence-electron chi connectivity index (χ2n) is 3.72. The fraction of sp³-hybridized carbons (Fsp3) is 0.818. The van der Waals surface area contributed by atoms with Crippen molar-refractivity contribution in [2.45, 2.75) is 44.2 Å². The zero-order chi connectivity index (χ0) is 9.52. The molecule has 1 saturated heterocycles. The van der Waals surface area contributed by atoms with Gasteiger partial charge in [0.05, 0.1) is 6.10 Å². The summed E-state index contributed by atoms with van der Waals surface area (Å²) in [6.45, 7) is 4.73. The third-order valence-electron chi connectivity index (χ3n) is 2.72. The molecule has 2 heteroatoms. The first-order chi connectivity index (χ1) is 6.36. The van der Waals surface area contributed by atoms with Crippen LogP contribution in [0.15, 0.2) is 12.7 Å². The first kappa shape index (κ1) is 10.7. The number of nitrogens with one attached hydrogen (secondary N) is 1. The molecular formula is C11H21NO. The van der Waals surface area contributed by atoms with Crippen molar-refractivity contribution in [1.29, 1.82) is 0 Å². The monoisotopic (exact) mass is 183 g/mol. The highest BCUT2D eigenvalue weighted by Crippen LogP contribution is 2.18. The molecule has 1 fully saturated rings. The minimum absolute atomic E-state index is 0.528. The van der Waals surface area contributed by atoms with Crippen molar-refractivity contribution in [1.82, 2.24) is 5.32 Å². The van der Waals surface area contributed by atoms with E-state index in [4.69, 9.17) is 4.74 Å². The molecule has 76 valence electrons. The van der Waals surface area contributed by atoms with E-state index in [-0.39, 0.29) is 0 Å². The number of hydrogen-bond acceptors (Lipinski definition) is 2. The topological polar surface area (TPSA) is 21.3 Å². The van der Waals surface area contributed by atoms with Gasteiger partial charge < -0.3 is 10.1 Å². The lowest BCUT2D eigenvalue weighted by Crippen LogP contribution is -2.25. The Balaban J connectivity index is 2.10. The molecule has 13 heavy (non-hydrogen) atoms. The molecular weight excluding hydrogens is 162 g/mol. The van der Waals surface area contributed by atoms with Crippen LogP contribution in [0.1, 0.15) is 32.1 Å². The Bertz CT molecular complexity index is 141. The largest absolute Gasteiger partial charge is 0.378 e. The zero-order valence-corrected chi connectivity index (χ0v) is 8.59. The summed E-state index contributed by atoms with van der Waals surface area (Å²) >= 11 is 0. The summed E-state index contributed by atoms with van der Waals surface area (Å²) in [7, 11) is 2.02. The third-order valence-corrected chi connectivity index (χ3v) is 2.72. The molecule has 0 amide bonds. The van der Waals surface area contributed by atoms with Gasteiger partial charge in [-0.3, -0.25) is 0 Å². The van der Waals surface area contributed by atoms with E-state index in [1.165, 1.54) is 25.7 Å². The molecule has 0 aliphatic carbocycles. The summed E-state index contributed by atoms with van der Waals surface area (Å²) < 4.78 is 5.57. The van der Waals surface area contributed by atoms with Crippen LogP contribution in [0.3, 0.4) is 0 Å². The maximum absolute atomic E-state index is 5.57. The Morgan fingerprint density at radius 3 is 3.08 bits per heavy atom. The van der Waals surface area contributed by atoms with Crippen LogP contribution in [-0.4, -0.2) is 25.8 Å². The van der Waals surface area contributed by atoms with Crippen molar-refractivity contribution in [3.8, 4) is 0 Å². The van der Waals surface area contributed by atoms with E-state index in [0.717, 1.165) is 13.0 Å². The first-order valence-electron chi connectivity index (χ1n) is 5.26. The molecule has 0 aromatic carbocycles. The average Bonchev–Trinajstić information content (AvgIpc) is 2.64. The smallest absolute Gasteiger partial charge is 0.0576 e. The molecule has 0 aromatic heterocycles. The Morgan fingerprint density at radius 1 is 1.69 bits per heavy atom. The van der Waals surface area contributed by atoms with Crippen LogP contribution >= 0.6 is 0 Å². The lowest BCUT2D eigenvalue weighted by Gasteiger charge is -2.16. The molecule has 0 saturated carbocycles. The Hall–Kier alpha value is -0.340. The van der Waals surface area contributed by atoms with Gasteiger partial charge in [-0.05, 0) is 39.2 Å². The molecule has 1 N–H and O–H groups in total. The molecule has 2 nitrogen and oxygen atoms in total. The molecule has 0 radical (unpaired) electrons. The van der Waals surface area contributed by atoms with Crippen LogP contribution < -0.4 is 5.32 Å². The number of rotatable bonds is 6. The lowest BCUT2D eigenvalue weighted by atomic mass is 10.0. The summed E-state index contributed by atoms with van der Waals surface area (Å²) in [6, 6.07) is 0.585. The van der Waals surface area contributed by atoms with Gasteiger partial charge in [0.2, 0.25) is 0 Å². The van der Waals surface area contributed by atoms with Crippen LogP contribution in [-0.2, 0) is 4.74 Å². The van der Waals surface area contributed by atoms with Gasteiger partial charge >= 0.3 is 0 Å². The highest BCUT2D eigenvalue weighted by Gasteiger charge is 2.16. The van der Waals surface area contributed by atoms with Gasteiger partial charge in [-0.15, -0.1) is 6.58 Å². The summed E-state index contributed by atoms with van der Waals surface area (Å²) in [6.07, 6.45) is 8.47. The first-order valence-corrected chi connectivity index (χ1v) is 5.26. The molecule has 0 aromatic rings. The molecule has 1 rings (SSSR count). The zero-order valence-electron chi connectivity index (χ0n) is 8.59. The van der Waals surface area contributed by atoms with Gasteiger partial charge in [0, 0.05) is 12.6 Å². The van der Waals surface area contributed by atoms with Gasteiger partial charge in [0.15, 0.2) is 0 Å². The van der Waals surface area contributed by atoms with E-state index in [1.54, 1.807) is 0 Å². The Morgan fingerprint density at radius 2 is 2.54 bits per heavy atom. The normalized spacial score (nSPS) is 24.5. The van der Waals surface area contributed by atoms with Crippen LogP contribution in [0.25, 0.3) is 0 Å². The van der Waals surface area contributed by atoms with Crippen molar-refractivity contribution in [3.63, 3.8) is 0 Å². The van der Waals surface area contributed by atoms with Gasteiger partial charge in [0.1, 0.15) is 0 Å². The predicted octanol–water partition coefficient (Wildman–Crippen LogP) is 2.11. The van der Waals surface area contributed by atoms with Crippen LogP contribution in [0.5, 0.6) is 0 Å². The van der Waals surface area contributed by atoms with Crippen molar-refractivity contribution < 1.29 is 4.74 Å². The Kier molecular flexibility index (Phi) is 5.09. The minimum Gasteiger partial charge on any atom is -0.378 e. The van der Waals surface area contributed by atoms with E-state index in [0.29, 0.717) is 12.1 Å². The van der Waals surface area contributed by atoms with E-state index in [2.05, 4.69) is 11.9 Å². The maximum atomic E-state index is 5.57. The fourth-order valence-corrected chi connectivity index (χ4v) is 1.84. The molecule has 2 unspecified atom stereocenters. The SMILES string of the molecule is C=CCC(CCC1CCCO1)NC. The van der Waals surface area contributed by atoms with Gasteiger partial charge in [0.25, 0.3) is 0 Å². The summed E-state index contributed by atoms with van der Waals surface area (Å²) in [5.41, 5.74) is 0. The van der Waals surface area contributed by atoms with Crippen LogP contribution in [0.2, 0.25) is 0 Å².